The summed E-state index contributed by atoms with van der Waals surface area (Å²) in [6.07, 6.45) is 1.87. The SMILES string of the molecule is Cc1ccc(CNc2ccc3c(c2)NC(=O)CS3)cn1. The number of nitrogens with zero attached hydrogens (tertiary/aromatic N) is 1. The minimum Gasteiger partial charge on any atom is -0.381 e. The van der Waals surface area contributed by atoms with Crippen LogP contribution >= 0.6 is 11.8 Å². The third-order valence-electron chi connectivity index (χ3n) is 3.08. The molecule has 1 aromatic heterocycles. The molecule has 1 aliphatic rings. The highest BCUT2D eigenvalue weighted by molar-refractivity contribution is 8.00. The van der Waals surface area contributed by atoms with Gasteiger partial charge in [-0.2, -0.15) is 0 Å². The van der Waals surface area contributed by atoms with Crippen LogP contribution in [0.15, 0.2) is 41.4 Å². The predicted octanol–water partition coefficient (Wildman–Crippen LogP) is 3.05. The maximum Gasteiger partial charge on any atom is 0.234 e. The molecular weight excluding hydrogens is 270 g/mol. The van der Waals surface area contributed by atoms with Gasteiger partial charge >= 0.3 is 0 Å². The first-order valence-electron chi connectivity index (χ1n) is 6.43. The van der Waals surface area contributed by atoms with E-state index in [0.29, 0.717) is 12.3 Å². The molecule has 0 saturated heterocycles. The Bertz CT molecular complexity index is 640. The molecule has 0 atom stereocenters. The predicted molar refractivity (Wildman–Crippen MR) is 82.1 cm³/mol. The molecular formula is C15H15N3OS. The molecule has 4 nitrogen and oxygen atoms in total. The minimum atomic E-state index is 0.0578. The van der Waals surface area contributed by atoms with Crippen molar-refractivity contribution >= 4 is 29.0 Å². The third-order valence-corrected chi connectivity index (χ3v) is 4.16. The first-order valence-corrected chi connectivity index (χ1v) is 7.41. The van der Waals surface area contributed by atoms with Gasteiger partial charge in [-0.25, -0.2) is 0 Å². The molecule has 2 aromatic rings. The number of pyridine rings is 1. The third kappa shape index (κ3) is 2.93. The molecule has 3 rings (SSSR count). The second kappa shape index (κ2) is 5.54. The molecule has 1 amide bonds. The van der Waals surface area contributed by atoms with Crippen molar-refractivity contribution in [3.8, 4) is 0 Å². The Hall–Kier alpha value is -2.01. The van der Waals surface area contributed by atoms with Gasteiger partial charge in [0.05, 0.1) is 11.4 Å². The van der Waals surface area contributed by atoms with Crippen LogP contribution in [0.2, 0.25) is 0 Å². The highest BCUT2D eigenvalue weighted by Crippen LogP contribution is 2.33. The number of carbonyl (C=O) groups is 1. The summed E-state index contributed by atoms with van der Waals surface area (Å²) in [6, 6.07) is 10.1. The van der Waals surface area contributed by atoms with E-state index < -0.39 is 0 Å². The number of hydrogen-bond acceptors (Lipinski definition) is 4. The zero-order valence-electron chi connectivity index (χ0n) is 11.1. The summed E-state index contributed by atoms with van der Waals surface area (Å²) in [4.78, 5) is 16.8. The van der Waals surface area contributed by atoms with E-state index >= 15 is 0 Å². The number of aryl methyl sites for hydroxylation is 1. The number of nitrogens with one attached hydrogen (secondary N) is 2. The van der Waals surface area contributed by atoms with E-state index in [-0.39, 0.29) is 5.91 Å². The zero-order valence-corrected chi connectivity index (χ0v) is 12.0. The summed E-state index contributed by atoms with van der Waals surface area (Å²) in [5, 5.41) is 6.24. The number of hydrogen-bond donors (Lipinski definition) is 2. The molecule has 20 heavy (non-hydrogen) atoms. The van der Waals surface area contributed by atoms with E-state index in [0.717, 1.165) is 27.5 Å². The smallest absolute Gasteiger partial charge is 0.234 e. The van der Waals surface area contributed by atoms with Crippen molar-refractivity contribution in [2.24, 2.45) is 0 Å². The summed E-state index contributed by atoms with van der Waals surface area (Å²) in [6.45, 7) is 2.69. The average molecular weight is 285 g/mol. The van der Waals surface area contributed by atoms with E-state index in [2.05, 4.69) is 21.7 Å². The monoisotopic (exact) mass is 285 g/mol. The molecule has 2 heterocycles. The molecule has 2 N–H and O–H groups in total. The first kappa shape index (κ1) is 13.0. The van der Waals surface area contributed by atoms with Crippen molar-refractivity contribution in [3.63, 3.8) is 0 Å². The van der Waals surface area contributed by atoms with Gasteiger partial charge in [-0.05, 0) is 36.8 Å². The van der Waals surface area contributed by atoms with Crippen molar-refractivity contribution in [2.75, 3.05) is 16.4 Å². The quantitative estimate of drug-likeness (QED) is 0.910. The molecule has 0 radical (unpaired) electrons. The van der Waals surface area contributed by atoms with Gasteiger partial charge in [-0.3, -0.25) is 9.78 Å². The Morgan fingerprint density at radius 3 is 3.05 bits per heavy atom. The zero-order chi connectivity index (χ0) is 13.9. The van der Waals surface area contributed by atoms with Crippen LogP contribution in [0, 0.1) is 6.92 Å². The lowest BCUT2D eigenvalue weighted by Gasteiger charge is -2.17. The van der Waals surface area contributed by atoms with Crippen LogP contribution in [0.1, 0.15) is 11.3 Å². The van der Waals surface area contributed by atoms with Crippen LogP contribution < -0.4 is 10.6 Å². The number of amides is 1. The summed E-state index contributed by atoms with van der Waals surface area (Å²) in [5.74, 6) is 0.553. The van der Waals surface area contributed by atoms with Gasteiger partial charge in [-0.1, -0.05) is 6.07 Å². The lowest BCUT2D eigenvalue weighted by atomic mass is 10.2. The largest absolute Gasteiger partial charge is 0.381 e. The molecule has 0 unspecified atom stereocenters. The number of thioether (sulfide) groups is 1. The number of aromatic nitrogens is 1. The van der Waals surface area contributed by atoms with E-state index in [9.17, 15) is 4.79 Å². The molecule has 102 valence electrons. The highest BCUT2D eigenvalue weighted by atomic mass is 32.2. The summed E-state index contributed by atoms with van der Waals surface area (Å²) >= 11 is 1.57. The number of rotatable bonds is 3. The molecule has 0 aliphatic carbocycles. The minimum absolute atomic E-state index is 0.0578. The topological polar surface area (TPSA) is 54.0 Å². The van der Waals surface area contributed by atoms with E-state index in [1.54, 1.807) is 11.8 Å². The number of fused-ring (bicyclic) bond motifs is 1. The Balaban J connectivity index is 1.70. The van der Waals surface area contributed by atoms with E-state index in [1.807, 2.05) is 37.4 Å². The Labute approximate surface area is 122 Å². The van der Waals surface area contributed by atoms with Crippen molar-refractivity contribution in [1.29, 1.82) is 0 Å². The molecule has 0 saturated carbocycles. The number of benzene rings is 1. The van der Waals surface area contributed by atoms with Crippen LogP contribution in [-0.2, 0) is 11.3 Å². The van der Waals surface area contributed by atoms with Gasteiger partial charge in [0.25, 0.3) is 0 Å². The average Bonchev–Trinajstić information content (AvgIpc) is 2.46. The van der Waals surface area contributed by atoms with E-state index in [1.165, 1.54) is 0 Å². The molecule has 0 bridgehead atoms. The van der Waals surface area contributed by atoms with Crippen molar-refractivity contribution in [1.82, 2.24) is 4.98 Å². The molecule has 1 aliphatic heterocycles. The second-order valence-electron chi connectivity index (χ2n) is 4.71. The summed E-state index contributed by atoms with van der Waals surface area (Å²) in [7, 11) is 0. The fourth-order valence-electron chi connectivity index (χ4n) is 2.00. The van der Waals surface area contributed by atoms with E-state index in [4.69, 9.17) is 0 Å². The normalized spacial score (nSPS) is 13.6. The van der Waals surface area contributed by atoms with Crippen LogP contribution in [0.4, 0.5) is 11.4 Å². The van der Waals surface area contributed by atoms with Gasteiger partial charge in [0.2, 0.25) is 5.91 Å². The standard InChI is InChI=1S/C15H15N3OS/c1-10-2-3-11(7-16-10)8-17-12-4-5-14-13(6-12)18-15(19)9-20-14/h2-7,17H,8-9H2,1H3,(H,18,19). The number of anilines is 2. The molecule has 0 spiro atoms. The lowest BCUT2D eigenvalue weighted by molar-refractivity contribution is -0.113. The number of carbonyl (C=O) groups excluding carboxylic acids is 1. The summed E-state index contributed by atoms with van der Waals surface area (Å²) in [5.41, 5.74) is 4.03. The van der Waals surface area contributed by atoms with Gasteiger partial charge < -0.3 is 10.6 Å². The Morgan fingerprint density at radius 2 is 2.25 bits per heavy atom. The van der Waals surface area contributed by atoms with Crippen molar-refractivity contribution < 1.29 is 4.79 Å². The fraction of sp³-hybridized carbons (Fsp3) is 0.200. The first-order chi connectivity index (χ1) is 9.70. The molecule has 1 aromatic carbocycles. The van der Waals surface area contributed by atoms with Crippen LogP contribution in [-0.4, -0.2) is 16.6 Å². The van der Waals surface area contributed by atoms with Crippen molar-refractivity contribution in [2.45, 2.75) is 18.4 Å². The Morgan fingerprint density at radius 1 is 1.35 bits per heavy atom. The van der Waals surface area contributed by atoms with Crippen LogP contribution in [0.25, 0.3) is 0 Å². The van der Waals surface area contributed by atoms with Gasteiger partial charge in [0, 0.05) is 29.0 Å². The molecule has 0 fully saturated rings. The fourth-order valence-corrected chi connectivity index (χ4v) is 2.79. The molecule has 5 heteroatoms. The maximum absolute atomic E-state index is 11.4. The highest BCUT2D eigenvalue weighted by Gasteiger charge is 2.15. The van der Waals surface area contributed by atoms with Crippen LogP contribution in [0.3, 0.4) is 0 Å². The van der Waals surface area contributed by atoms with Crippen molar-refractivity contribution in [3.05, 3.63) is 47.8 Å². The lowest BCUT2D eigenvalue weighted by Crippen LogP contribution is -2.18. The van der Waals surface area contributed by atoms with Crippen LogP contribution in [0.5, 0.6) is 0 Å². The summed E-state index contributed by atoms with van der Waals surface area (Å²) < 4.78 is 0. The maximum atomic E-state index is 11.4. The second-order valence-corrected chi connectivity index (χ2v) is 5.73. The Kier molecular flexibility index (Phi) is 3.60. The van der Waals surface area contributed by atoms with Gasteiger partial charge in [0.15, 0.2) is 0 Å². The van der Waals surface area contributed by atoms with Gasteiger partial charge in [-0.15, -0.1) is 11.8 Å². The van der Waals surface area contributed by atoms with Gasteiger partial charge in [0.1, 0.15) is 0 Å².